The van der Waals surface area contributed by atoms with Gasteiger partial charge in [-0.15, -0.1) is 6.58 Å². The van der Waals surface area contributed by atoms with E-state index in [2.05, 4.69) is 11.5 Å². The first-order valence-electron chi connectivity index (χ1n) is 4.09. The summed E-state index contributed by atoms with van der Waals surface area (Å²) < 4.78 is 0. The second-order valence-electron chi connectivity index (χ2n) is 3.15. The Morgan fingerprint density at radius 1 is 1.42 bits per heavy atom. The molecule has 0 aromatic rings. The molecule has 1 rings (SSSR count). The quantitative estimate of drug-likeness (QED) is 0.508. The summed E-state index contributed by atoms with van der Waals surface area (Å²) in [6.45, 7) is 6.81. The van der Waals surface area contributed by atoms with Crippen molar-refractivity contribution in [3.05, 3.63) is 12.2 Å². The number of likely N-dealkylation sites (tertiary alicyclic amines) is 1. The standard InChI is InChI=1S/C9H13NS2/c1-7(2)5-6-10-8(11)3-4-9(10)12/h1,3-6H2,2H3. The first kappa shape index (κ1) is 9.81. The highest BCUT2D eigenvalue weighted by Gasteiger charge is 2.21. The molecule has 66 valence electrons. The molecule has 1 nitrogen and oxygen atoms in total. The molecular formula is C9H13NS2. The molecule has 1 aliphatic rings. The highest BCUT2D eigenvalue weighted by atomic mass is 32.1. The number of hydrogen-bond acceptors (Lipinski definition) is 2. The fourth-order valence-electron chi connectivity index (χ4n) is 1.17. The Morgan fingerprint density at radius 2 is 1.92 bits per heavy atom. The molecule has 1 aliphatic heterocycles. The van der Waals surface area contributed by atoms with Crippen LogP contribution in [0.15, 0.2) is 12.2 Å². The number of nitrogens with zero attached hydrogens (tertiary/aromatic N) is 1. The lowest BCUT2D eigenvalue weighted by atomic mass is 10.2. The minimum absolute atomic E-state index is 0.924. The third kappa shape index (κ3) is 2.35. The second-order valence-corrected chi connectivity index (χ2v) is 4.09. The zero-order valence-electron chi connectivity index (χ0n) is 7.30. The summed E-state index contributed by atoms with van der Waals surface area (Å²) in [4.78, 5) is 4.07. The van der Waals surface area contributed by atoms with Crippen LogP contribution in [0.3, 0.4) is 0 Å². The molecule has 0 radical (unpaired) electrons. The molecule has 1 fully saturated rings. The van der Waals surface area contributed by atoms with E-state index in [0.717, 1.165) is 35.8 Å². The number of thiocarbonyl (C=S) groups is 2. The first-order valence-corrected chi connectivity index (χ1v) is 4.90. The maximum atomic E-state index is 5.18. The van der Waals surface area contributed by atoms with Gasteiger partial charge >= 0.3 is 0 Å². The van der Waals surface area contributed by atoms with Crippen molar-refractivity contribution in [2.45, 2.75) is 26.2 Å². The minimum atomic E-state index is 0.924. The van der Waals surface area contributed by atoms with E-state index < -0.39 is 0 Å². The third-order valence-corrected chi connectivity index (χ3v) is 2.77. The normalized spacial score (nSPS) is 17.2. The molecule has 0 saturated carbocycles. The van der Waals surface area contributed by atoms with Crippen molar-refractivity contribution < 1.29 is 0 Å². The Balaban J connectivity index is 2.45. The van der Waals surface area contributed by atoms with Crippen LogP contribution in [0.2, 0.25) is 0 Å². The Bertz CT molecular complexity index is 217. The maximum absolute atomic E-state index is 5.18. The van der Waals surface area contributed by atoms with Crippen LogP contribution in [0.5, 0.6) is 0 Å². The summed E-state index contributed by atoms with van der Waals surface area (Å²) >= 11 is 10.4. The molecule has 0 N–H and O–H groups in total. The first-order chi connectivity index (χ1) is 5.61. The van der Waals surface area contributed by atoms with E-state index in [9.17, 15) is 0 Å². The Labute approximate surface area is 84.4 Å². The molecule has 1 saturated heterocycles. The van der Waals surface area contributed by atoms with Crippen LogP contribution in [0.25, 0.3) is 0 Å². The van der Waals surface area contributed by atoms with E-state index in [4.69, 9.17) is 24.4 Å². The van der Waals surface area contributed by atoms with Crippen molar-refractivity contribution in [1.29, 1.82) is 0 Å². The predicted molar refractivity (Wildman–Crippen MR) is 60.6 cm³/mol. The van der Waals surface area contributed by atoms with E-state index in [1.165, 1.54) is 5.57 Å². The minimum Gasteiger partial charge on any atom is -0.330 e. The monoisotopic (exact) mass is 199 g/mol. The molecule has 0 atom stereocenters. The molecule has 3 heteroatoms. The third-order valence-electron chi connectivity index (χ3n) is 1.92. The van der Waals surface area contributed by atoms with E-state index in [-0.39, 0.29) is 0 Å². The van der Waals surface area contributed by atoms with Gasteiger partial charge in [-0.2, -0.15) is 0 Å². The molecule has 12 heavy (non-hydrogen) atoms. The summed E-state index contributed by atoms with van der Waals surface area (Å²) in [6.07, 6.45) is 2.91. The Morgan fingerprint density at radius 3 is 2.33 bits per heavy atom. The van der Waals surface area contributed by atoms with Gasteiger partial charge in [-0.1, -0.05) is 30.0 Å². The Kier molecular flexibility index (Phi) is 3.35. The van der Waals surface area contributed by atoms with Gasteiger partial charge in [-0.25, -0.2) is 0 Å². The second kappa shape index (κ2) is 4.10. The van der Waals surface area contributed by atoms with Crippen LogP contribution in [0.4, 0.5) is 0 Å². The molecule has 1 heterocycles. The fourth-order valence-corrected chi connectivity index (χ4v) is 1.84. The summed E-state index contributed by atoms with van der Waals surface area (Å²) in [7, 11) is 0. The van der Waals surface area contributed by atoms with Crippen LogP contribution in [-0.4, -0.2) is 21.4 Å². The molecule has 0 aliphatic carbocycles. The van der Waals surface area contributed by atoms with Gasteiger partial charge < -0.3 is 4.90 Å². The van der Waals surface area contributed by atoms with Crippen molar-refractivity contribution in [3.8, 4) is 0 Å². The summed E-state index contributed by atoms with van der Waals surface area (Å²) in [6, 6.07) is 0. The highest BCUT2D eigenvalue weighted by Crippen LogP contribution is 2.16. The number of rotatable bonds is 3. The van der Waals surface area contributed by atoms with Gasteiger partial charge in [0, 0.05) is 19.4 Å². The van der Waals surface area contributed by atoms with Crippen molar-refractivity contribution in [3.63, 3.8) is 0 Å². The maximum Gasteiger partial charge on any atom is 0.0831 e. The average molecular weight is 199 g/mol. The summed E-state index contributed by atoms with van der Waals surface area (Å²) in [5.74, 6) is 0. The van der Waals surface area contributed by atoms with E-state index in [0.29, 0.717) is 0 Å². The van der Waals surface area contributed by atoms with Crippen molar-refractivity contribution >= 4 is 34.4 Å². The van der Waals surface area contributed by atoms with Gasteiger partial charge in [-0.05, 0) is 13.3 Å². The molecule has 0 unspecified atom stereocenters. The smallest absolute Gasteiger partial charge is 0.0831 e. The highest BCUT2D eigenvalue weighted by molar-refractivity contribution is 7.82. The zero-order valence-corrected chi connectivity index (χ0v) is 8.93. The van der Waals surface area contributed by atoms with Crippen LogP contribution < -0.4 is 0 Å². The Hall–Kier alpha value is -0.280. The van der Waals surface area contributed by atoms with Crippen molar-refractivity contribution in [2.75, 3.05) is 6.54 Å². The fraction of sp³-hybridized carbons (Fsp3) is 0.556. The summed E-state index contributed by atoms with van der Waals surface area (Å²) in [5.41, 5.74) is 1.19. The number of hydrogen-bond donors (Lipinski definition) is 0. The molecule has 0 amide bonds. The van der Waals surface area contributed by atoms with E-state index in [1.807, 2.05) is 6.92 Å². The largest absolute Gasteiger partial charge is 0.330 e. The van der Waals surface area contributed by atoms with Crippen molar-refractivity contribution in [2.24, 2.45) is 0 Å². The van der Waals surface area contributed by atoms with Crippen molar-refractivity contribution in [1.82, 2.24) is 4.90 Å². The topological polar surface area (TPSA) is 3.24 Å². The molecule has 0 aromatic carbocycles. The van der Waals surface area contributed by atoms with Crippen LogP contribution in [-0.2, 0) is 0 Å². The predicted octanol–water partition coefficient (Wildman–Crippen LogP) is 2.70. The molecule has 0 spiro atoms. The molecular weight excluding hydrogens is 186 g/mol. The van der Waals surface area contributed by atoms with Gasteiger partial charge in [0.15, 0.2) is 0 Å². The zero-order chi connectivity index (χ0) is 9.14. The van der Waals surface area contributed by atoms with Gasteiger partial charge in [0.2, 0.25) is 0 Å². The van der Waals surface area contributed by atoms with Crippen LogP contribution >= 0.6 is 24.4 Å². The van der Waals surface area contributed by atoms with Crippen LogP contribution in [0.1, 0.15) is 26.2 Å². The van der Waals surface area contributed by atoms with Crippen LogP contribution in [0, 0.1) is 0 Å². The molecule has 0 aromatic heterocycles. The lowest BCUT2D eigenvalue weighted by molar-refractivity contribution is 0.629. The van der Waals surface area contributed by atoms with Gasteiger partial charge in [0.25, 0.3) is 0 Å². The van der Waals surface area contributed by atoms with E-state index in [1.54, 1.807) is 0 Å². The average Bonchev–Trinajstić information content (AvgIpc) is 2.28. The SMILES string of the molecule is C=C(C)CCN1C(=S)CCC1=S. The lowest BCUT2D eigenvalue weighted by Gasteiger charge is -2.17. The molecule has 0 bridgehead atoms. The van der Waals surface area contributed by atoms with E-state index >= 15 is 0 Å². The van der Waals surface area contributed by atoms with Gasteiger partial charge in [-0.3, -0.25) is 0 Å². The van der Waals surface area contributed by atoms with Gasteiger partial charge in [0.05, 0.1) is 9.98 Å². The van der Waals surface area contributed by atoms with Gasteiger partial charge in [0.1, 0.15) is 0 Å². The summed E-state index contributed by atoms with van der Waals surface area (Å²) in [5, 5.41) is 0. The lowest BCUT2D eigenvalue weighted by Crippen LogP contribution is -2.27.